The van der Waals surface area contributed by atoms with Crippen LogP contribution in [0.1, 0.15) is 65.2 Å². The van der Waals surface area contributed by atoms with E-state index < -0.39 is 0 Å². The van der Waals surface area contributed by atoms with E-state index in [2.05, 4.69) is 13.8 Å². The molecular weight excluding hydrogens is 168 g/mol. The van der Waals surface area contributed by atoms with Crippen molar-refractivity contribution in [2.45, 2.75) is 65.2 Å². The monoisotopic (exact) mass is 192 g/mol. The van der Waals surface area contributed by atoms with Gasteiger partial charge in [0.1, 0.15) is 0 Å². The van der Waals surface area contributed by atoms with Crippen molar-refractivity contribution in [2.24, 2.45) is 22.7 Å². The SMILES string of the molecule is CCC12CCC(C1)C1CCCC12CC. The van der Waals surface area contributed by atoms with Gasteiger partial charge in [0.15, 0.2) is 0 Å². The van der Waals surface area contributed by atoms with Crippen molar-refractivity contribution in [2.75, 3.05) is 0 Å². The maximum atomic E-state index is 2.47. The zero-order valence-corrected chi connectivity index (χ0v) is 9.81. The molecule has 0 saturated heterocycles. The standard InChI is InChI=1S/C14H24/c1-3-13-9-7-11(10-13)12-6-5-8-14(12,13)4-2/h11-12H,3-10H2,1-2H3. The third kappa shape index (κ3) is 0.785. The molecule has 4 atom stereocenters. The fraction of sp³-hybridized carbons (Fsp3) is 1.00. The highest BCUT2D eigenvalue weighted by Gasteiger charge is 2.65. The third-order valence-corrected chi connectivity index (χ3v) is 6.43. The van der Waals surface area contributed by atoms with Gasteiger partial charge in [0.2, 0.25) is 0 Å². The van der Waals surface area contributed by atoms with E-state index in [1.54, 1.807) is 32.1 Å². The first-order valence-corrected chi connectivity index (χ1v) is 6.78. The lowest BCUT2D eigenvalue weighted by Crippen LogP contribution is -2.39. The molecule has 4 unspecified atom stereocenters. The van der Waals surface area contributed by atoms with Gasteiger partial charge in [0.25, 0.3) is 0 Å². The van der Waals surface area contributed by atoms with E-state index in [1.165, 1.54) is 19.3 Å². The highest BCUT2D eigenvalue weighted by atomic mass is 14.7. The molecule has 3 aliphatic carbocycles. The molecule has 0 radical (unpaired) electrons. The van der Waals surface area contributed by atoms with E-state index >= 15 is 0 Å². The lowest BCUT2D eigenvalue weighted by molar-refractivity contribution is 0.0143. The van der Waals surface area contributed by atoms with E-state index in [-0.39, 0.29) is 0 Å². The maximum absolute atomic E-state index is 2.47. The highest BCUT2D eigenvalue weighted by Crippen LogP contribution is 2.74. The van der Waals surface area contributed by atoms with Crippen LogP contribution in [0.3, 0.4) is 0 Å². The summed E-state index contributed by atoms with van der Waals surface area (Å²) in [6.07, 6.45) is 12.4. The summed E-state index contributed by atoms with van der Waals surface area (Å²) in [5.41, 5.74) is 1.61. The molecule has 0 nitrogen and oxygen atoms in total. The van der Waals surface area contributed by atoms with E-state index in [4.69, 9.17) is 0 Å². The smallest absolute Gasteiger partial charge is 0.0213 e. The Morgan fingerprint density at radius 3 is 2.64 bits per heavy atom. The van der Waals surface area contributed by atoms with Crippen LogP contribution in [0.25, 0.3) is 0 Å². The zero-order valence-electron chi connectivity index (χ0n) is 9.81. The van der Waals surface area contributed by atoms with E-state index in [0.717, 1.165) is 22.7 Å². The summed E-state index contributed by atoms with van der Waals surface area (Å²) >= 11 is 0. The number of hydrogen-bond donors (Lipinski definition) is 0. The van der Waals surface area contributed by atoms with Crippen LogP contribution in [0.15, 0.2) is 0 Å². The van der Waals surface area contributed by atoms with Crippen LogP contribution in [-0.2, 0) is 0 Å². The second kappa shape index (κ2) is 2.77. The van der Waals surface area contributed by atoms with Gasteiger partial charge in [-0.15, -0.1) is 0 Å². The number of rotatable bonds is 2. The van der Waals surface area contributed by atoms with Crippen molar-refractivity contribution in [1.82, 2.24) is 0 Å². The average molecular weight is 192 g/mol. The third-order valence-electron chi connectivity index (χ3n) is 6.43. The predicted octanol–water partition coefficient (Wildman–Crippen LogP) is 4.39. The lowest BCUT2D eigenvalue weighted by atomic mass is 9.57. The maximum Gasteiger partial charge on any atom is -0.0213 e. The van der Waals surface area contributed by atoms with E-state index in [0.29, 0.717) is 0 Å². The first-order valence-electron chi connectivity index (χ1n) is 6.78. The molecule has 0 aromatic rings. The first kappa shape index (κ1) is 9.24. The van der Waals surface area contributed by atoms with Crippen LogP contribution in [0, 0.1) is 22.7 Å². The molecule has 3 fully saturated rings. The van der Waals surface area contributed by atoms with Gasteiger partial charge in [-0.25, -0.2) is 0 Å². The fourth-order valence-electron chi connectivity index (χ4n) is 5.89. The van der Waals surface area contributed by atoms with Crippen molar-refractivity contribution in [3.63, 3.8) is 0 Å². The Hall–Kier alpha value is 0. The Balaban J connectivity index is 2.04. The lowest BCUT2D eigenvalue weighted by Gasteiger charge is -2.48. The minimum absolute atomic E-state index is 0.799. The molecule has 0 aromatic heterocycles. The number of fused-ring (bicyclic) bond motifs is 5. The normalized spacial score (nSPS) is 55.3. The molecule has 0 spiro atoms. The molecule has 80 valence electrons. The Bertz CT molecular complexity index is 244. The number of hydrogen-bond acceptors (Lipinski definition) is 0. The van der Waals surface area contributed by atoms with Crippen LogP contribution in [-0.4, -0.2) is 0 Å². The molecule has 0 aromatic carbocycles. The molecule has 0 heteroatoms. The van der Waals surface area contributed by atoms with E-state index in [1.807, 2.05) is 0 Å². The Morgan fingerprint density at radius 2 is 1.93 bits per heavy atom. The summed E-state index contributed by atoms with van der Waals surface area (Å²) in [4.78, 5) is 0. The van der Waals surface area contributed by atoms with Gasteiger partial charge in [-0.05, 0) is 67.6 Å². The van der Waals surface area contributed by atoms with Gasteiger partial charge in [-0.1, -0.05) is 20.3 Å². The van der Waals surface area contributed by atoms with Crippen molar-refractivity contribution in [3.8, 4) is 0 Å². The summed E-state index contributed by atoms with van der Waals surface area (Å²) < 4.78 is 0. The van der Waals surface area contributed by atoms with Crippen LogP contribution >= 0.6 is 0 Å². The van der Waals surface area contributed by atoms with Gasteiger partial charge in [-0.2, -0.15) is 0 Å². The zero-order chi connectivity index (χ0) is 9.81. The largest absolute Gasteiger partial charge is 0.0648 e. The highest BCUT2D eigenvalue weighted by molar-refractivity contribution is 5.15. The first-order chi connectivity index (χ1) is 6.78. The second-order valence-electron chi connectivity index (χ2n) is 6.15. The molecule has 0 N–H and O–H groups in total. The molecule has 0 heterocycles. The topological polar surface area (TPSA) is 0 Å². The minimum Gasteiger partial charge on any atom is -0.0648 e. The van der Waals surface area contributed by atoms with Gasteiger partial charge < -0.3 is 0 Å². The summed E-state index contributed by atoms with van der Waals surface area (Å²) in [5.74, 6) is 2.28. The molecule has 3 rings (SSSR count). The molecule has 0 amide bonds. The summed E-state index contributed by atoms with van der Waals surface area (Å²) in [6, 6.07) is 0. The molecule has 3 aliphatic rings. The van der Waals surface area contributed by atoms with Crippen molar-refractivity contribution in [1.29, 1.82) is 0 Å². The van der Waals surface area contributed by atoms with Gasteiger partial charge in [0, 0.05) is 0 Å². The Labute approximate surface area is 88.5 Å². The molecule has 14 heavy (non-hydrogen) atoms. The fourth-order valence-corrected chi connectivity index (χ4v) is 5.89. The predicted molar refractivity (Wildman–Crippen MR) is 60.1 cm³/mol. The van der Waals surface area contributed by atoms with Gasteiger partial charge in [-0.3, -0.25) is 0 Å². The summed E-state index contributed by atoms with van der Waals surface area (Å²) in [5, 5.41) is 0. The van der Waals surface area contributed by atoms with Crippen LogP contribution < -0.4 is 0 Å². The average Bonchev–Trinajstić information content (AvgIpc) is 2.88. The van der Waals surface area contributed by atoms with Gasteiger partial charge >= 0.3 is 0 Å². The summed E-state index contributed by atoms with van der Waals surface area (Å²) in [6.45, 7) is 4.93. The van der Waals surface area contributed by atoms with Crippen molar-refractivity contribution in [3.05, 3.63) is 0 Å². The van der Waals surface area contributed by atoms with Crippen molar-refractivity contribution < 1.29 is 0 Å². The molecule has 2 bridgehead atoms. The molecular formula is C14H24. The molecule has 0 aliphatic heterocycles. The van der Waals surface area contributed by atoms with Crippen LogP contribution in [0.2, 0.25) is 0 Å². The second-order valence-corrected chi connectivity index (χ2v) is 6.15. The Kier molecular flexibility index (Phi) is 1.83. The minimum atomic E-state index is 0.799. The van der Waals surface area contributed by atoms with Gasteiger partial charge in [0.05, 0.1) is 0 Å². The summed E-state index contributed by atoms with van der Waals surface area (Å²) in [7, 11) is 0. The quantitative estimate of drug-likeness (QED) is 0.608. The van der Waals surface area contributed by atoms with E-state index in [9.17, 15) is 0 Å². The van der Waals surface area contributed by atoms with Crippen LogP contribution in [0.4, 0.5) is 0 Å². The van der Waals surface area contributed by atoms with Crippen LogP contribution in [0.5, 0.6) is 0 Å². The molecule has 3 saturated carbocycles. The van der Waals surface area contributed by atoms with Crippen molar-refractivity contribution >= 4 is 0 Å². The Morgan fingerprint density at radius 1 is 1.07 bits per heavy atom.